The van der Waals surface area contributed by atoms with Crippen LogP contribution in [-0.4, -0.2) is 12.6 Å². The summed E-state index contributed by atoms with van der Waals surface area (Å²) in [6.45, 7) is 3.38. The second-order valence-electron chi connectivity index (χ2n) is 6.13. The van der Waals surface area contributed by atoms with Crippen LogP contribution in [0.2, 0.25) is 0 Å². The van der Waals surface area contributed by atoms with Crippen LogP contribution in [0.1, 0.15) is 64.7 Å². The third-order valence-electron chi connectivity index (χ3n) is 4.81. The Kier molecular flexibility index (Phi) is 4.45. The van der Waals surface area contributed by atoms with Gasteiger partial charge in [0.1, 0.15) is 0 Å². The van der Waals surface area contributed by atoms with E-state index in [1.807, 2.05) is 0 Å². The van der Waals surface area contributed by atoms with Gasteiger partial charge in [-0.15, -0.1) is 0 Å². The fourth-order valence-corrected chi connectivity index (χ4v) is 3.29. The molecule has 17 heavy (non-hydrogen) atoms. The van der Waals surface area contributed by atoms with Crippen LogP contribution in [0.4, 0.5) is 0 Å². The minimum atomic E-state index is 0.358. The molecule has 2 saturated carbocycles. The summed E-state index contributed by atoms with van der Waals surface area (Å²) in [5, 5.41) is 12.6. The number of nitrogens with one attached hydrogen (secondary N) is 1. The third kappa shape index (κ3) is 3.45. The Bertz CT molecular complexity index is 269. The van der Waals surface area contributed by atoms with Gasteiger partial charge in [-0.05, 0) is 43.4 Å². The van der Waals surface area contributed by atoms with Crippen molar-refractivity contribution in [2.24, 2.45) is 11.3 Å². The molecule has 2 nitrogen and oxygen atoms in total. The Hall–Kier alpha value is -0.550. The lowest BCUT2D eigenvalue weighted by Crippen LogP contribution is -2.39. The molecular formula is C15H26N2. The van der Waals surface area contributed by atoms with Crippen molar-refractivity contribution in [1.29, 1.82) is 5.26 Å². The standard InChI is InChI=1S/C15H26N2/c1-2-14(13-6-4-3-5-7-13)17-12-15(8-9-15)10-11-16/h13-14,17H,2-10,12H2,1H3. The first-order chi connectivity index (χ1) is 8.29. The van der Waals surface area contributed by atoms with Crippen molar-refractivity contribution < 1.29 is 0 Å². The first-order valence-electron chi connectivity index (χ1n) is 7.40. The van der Waals surface area contributed by atoms with Gasteiger partial charge < -0.3 is 5.32 Å². The Morgan fingerprint density at radius 1 is 1.29 bits per heavy atom. The fraction of sp³-hybridized carbons (Fsp3) is 0.933. The lowest BCUT2D eigenvalue weighted by atomic mass is 9.82. The molecule has 2 aliphatic rings. The van der Waals surface area contributed by atoms with Gasteiger partial charge in [0.05, 0.1) is 6.07 Å². The maximum atomic E-state index is 8.84. The second kappa shape index (κ2) is 5.87. The molecule has 1 atom stereocenters. The zero-order valence-electron chi connectivity index (χ0n) is 11.2. The minimum absolute atomic E-state index is 0.358. The van der Waals surface area contributed by atoms with E-state index in [-0.39, 0.29) is 0 Å². The van der Waals surface area contributed by atoms with Gasteiger partial charge in [-0.3, -0.25) is 0 Å². The largest absolute Gasteiger partial charge is 0.313 e. The number of rotatable bonds is 6. The Labute approximate surface area is 106 Å². The fourth-order valence-electron chi connectivity index (χ4n) is 3.29. The first kappa shape index (κ1) is 12.9. The van der Waals surface area contributed by atoms with Crippen molar-refractivity contribution in [3.63, 3.8) is 0 Å². The molecule has 2 heteroatoms. The lowest BCUT2D eigenvalue weighted by molar-refractivity contribution is 0.250. The predicted molar refractivity (Wildman–Crippen MR) is 70.6 cm³/mol. The van der Waals surface area contributed by atoms with E-state index in [1.165, 1.54) is 51.4 Å². The molecule has 2 rings (SSSR count). The summed E-state index contributed by atoms with van der Waals surface area (Å²) < 4.78 is 0. The van der Waals surface area contributed by atoms with Crippen LogP contribution in [0.3, 0.4) is 0 Å². The van der Waals surface area contributed by atoms with Gasteiger partial charge in [-0.1, -0.05) is 26.2 Å². The molecule has 96 valence electrons. The predicted octanol–water partition coefficient (Wildman–Crippen LogP) is 3.63. The molecule has 0 aromatic heterocycles. The molecule has 2 aliphatic carbocycles. The van der Waals surface area contributed by atoms with E-state index >= 15 is 0 Å². The highest BCUT2D eigenvalue weighted by Crippen LogP contribution is 2.48. The molecule has 1 N–H and O–H groups in total. The maximum Gasteiger partial charge on any atom is 0.0628 e. The highest BCUT2D eigenvalue weighted by molar-refractivity contribution is 5.01. The Morgan fingerprint density at radius 3 is 2.53 bits per heavy atom. The first-order valence-corrected chi connectivity index (χ1v) is 7.40. The smallest absolute Gasteiger partial charge is 0.0628 e. The van der Waals surface area contributed by atoms with Gasteiger partial charge >= 0.3 is 0 Å². The van der Waals surface area contributed by atoms with Crippen molar-refractivity contribution >= 4 is 0 Å². The highest BCUT2D eigenvalue weighted by atomic mass is 14.9. The Balaban J connectivity index is 1.77. The molecule has 0 amide bonds. The van der Waals surface area contributed by atoms with E-state index in [1.54, 1.807) is 0 Å². The Morgan fingerprint density at radius 2 is 2.00 bits per heavy atom. The van der Waals surface area contributed by atoms with Gasteiger partial charge in [0.2, 0.25) is 0 Å². The zero-order chi connectivity index (χ0) is 12.1. The van der Waals surface area contributed by atoms with E-state index in [9.17, 15) is 0 Å². The highest BCUT2D eigenvalue weighted by Gasteiger charge is 2.42. The van der Waals surface area contributed by atoms with Crippen molar-refractivity contribution in [3.8, 4) is 6.07 Å². The van der Waals surface area contributed by atoms with Crippen LogP contribution in [-0.2, 0) is 0 Å². The van der Waals surface area contributed by atoms with Crippen molar-refractivity contribution in [2.75, 3.05) is 6.54 Å². The summed E-state index contributed by atoms with van der Waals surface area (Å²) >= 11 is 0. The van der Waals surface area contributed by atoms with E-state index in [4.69, 9.17) is 5.26 Å². The summed E-state index contributed by atoms with van der Waals surface area (Å²) in [7, 11) is 0. The molecule has 0 spiro atoms. The summed E-state index contributed by atoms with van der Waals surface area (Å²) in [6, 6.07) is 3.05. The molecular weight excluding hydrogens is 208 g/mol. The van der Waals surface area contributed by atoms with E-state index < -0.39 is 0 Å². The third-order valence-corrected chi connectivity index (χ3v) is 4.81. The van der Waals surface area contributed by atoms with Crippen LogP contribution >= 0.6 is 0 Å². The average Bonchev–Trinajstić information content (AvgIpc) is 3.12. The van der Waals surface area contributed by atoms with Gasteiger partial charge in [-0.25, -0.2) is 0 Å². The number of hydrogen-bond acceptors (Lipinski definition) is 2. The summed E-state index contributed by atoms with van der Waals surface area (Å²) in [5.41, 5.74) is 0.358. The van der Waals surface area contributed by atoms with Crippen LogP contribution < -0.4 is 5.32 Å². The molecule has 1 unspecified atom stereocenters. The summed E-state index contributed by atoms with van der Waals surface area (Å²) in [6.07, 6.45) is 11.6. The lowest BCUT2D eigenvalue weighted by Gasteiger charge is -2.31. The quantitative estimate of drug-likeness (QED) is 0.761. The summed E-state index contributed by atoms with van der Waals surface area (Å²) in [5.74, 6) is 0.895. The van der Waals surface area contributed by atoms with Crippen molar-refractivity contribution in [2.45, 2.75) is 70.8 Å². The molecule has 2 fully saturated rings. The monoisotopic (exact) mass is 234 g/mol. The number of nitriles is 1. The van der Waals surface area contributed by atoms with Gasteiger partial charge in [0, 0.05) is 19.0 Å². The molecule has 0 radical (unpaired) electrons. The molecule has 0 aromatic rings. The molecule has 0 aromatic carbocycles. The van der Waals surface area contributed by atoms with Gasteiger partial charge in [-0.2, -0.15) is 5.26 Å². The van der Waals surface area contributed by atoms with E-state index in [0.717, 1.165) is 18.9 Å². The average molecular weight is 234 g/mol. The molecule has 0 aliphatic heterocycles. The zero-order valence-corrected chi connectivity index (χ0v) is 11.2. The molecule has 0 heterocycles. The second-order valence-corrected chi connectivity index (χ2v) is 6.13. The van der Waals surface area contributed by atoms with Crippen molar-refractivity contribution in [1.82, 2.24) is 5.32 Å². The summed E-state index contributed by atoms with van der Waals surface area (Å²) in [4.78, 5) is 0. The number of nitrogens with zero attached hydrogens (tertiary/aromatic N) is 1. The van der Waals surface area contributed by atoms with Crippen LogP contribution in [0.25, 0.3) is 0 Å². The minimum Gasteiger partial charge on any atom is -0.313 e. The number of hydrogen-bond donors (Lipinski definition) is 1. The SMILES string of the molecule is CCC(NCC1(CC#N)CC1)C1CCCCC1. The molecule has 0 bridgehead atoms. The van der Waals surface area contributed by atoms with Crippen LogP contribution in [0.15, 0.2) is 0 Å². The van der Waals surface area contributed by atoms with Crippen molar-refractivity contribution in [3.05, 3.63) is 0 Å². The maximum absolute atomic E-state index is 8.84. The topological polar surface area (TPSA) is 35.8 Å². The normalized spacial score (nSPS) is 25.2. The van der Waals surface area contributed by atoms with E-state index in [0.29, 0.717) is 11.5 Å². The van der Waals surface area contributed by atoms with Crippen LogP contribution in [0.5, 0.6) is 0 Å². The molecule has 0 saturated heterocycles. The van der Waals surface area contributed by atoms with Gasteiger partial charge in [0.25, 0.3) is 0 Å². The van der Waals surface area contributed by atoms with Crippen LogP contribution in [0, 0.1) is 22.7 Å². The van der Waals surface area contributed by atoms with Gasteiger partial charge in [0.15, 0.2) is 0 Å². The van der Waals surface area contributed by atoms with E-state index in [2.05, 4.69) is 18.3 Å².